The summed E-state index contributed by atoms with van der Waals surface area (Å²) in [6, 6.07) is 3.48. The number of rotatable bonds is 2. The summed E-state index contributed by atoms with van der Waals surface area (Å²) in [7, 11) is 0. The molecule has 0 aliphatic carbocycles. The second kappa shape index (κ2) is 4.72. The minimum absolute atomic E-state index is 0.567. The molecule has 0 bridgehead atoms. The Hall–Kier alpha value is -1.20. The number of nitrogens with one attached hydrogen (secondary N) is 1. The van der Waals surface area contributed by atoms with Crippen LogP contribution in [-0.2, 0) is 0 Å². The van der Waals surface area contributed by atoms with Gasteiger partial charge in [-0.2, -0.15) is 0 Å². The molecule has 2 atom stereocenters. The minimum Gasteiger partial charge on any atom is -0.367 e. The van der Waals surface area contributed by atoms with Gasteiger partial charge in [0.05, 0.1) is 5.39 Å². The topological polar surface area (TPSA) is 41.1 Å². The van der Waals surface area contributed by atoms with Gasteiger partial charge in [-0.1, -0.05) is 0 Å². The third-order valence-corrected chi connectivity index (χ3v) is 5.24. The van der Waals surface area contributed by atoms with E-state index in [-0.39, 0.29) is 0 Å². The maximum absolute atomic E-state index is 4.43. The Morgan fingerprint density at radius 3 is 3.26 bits per heavy atom. The highest BCUT2D eigenvalue weighted by Gasteiger charge is 2.31. The Kier molecular flexibility index (Phi) is 2.89. The number of thiophene rings is 1. The van der Waals surface area contributed by atoms with E-state index in [2.05, 4.69) is 31.6 Å². The van der Waals surface area contributed by atoms with Gasteiger partial charge in [-0.05, 0) is 43.7 Å². The van der Waals surface area contributed by atoms with E-state index in [4.69, 9.17) is 0 Å². The maximum atomic E-state index is 4.43. The first-order valence-corrected chi connectivity index (χ1v) is 7.97. The Bertz CT molecular complexity index is 582. The highest BCUT2D eigenvalue weighted by Crippen LogP contribution is 2.30. The molecule has 2 aromatic rings. The van der Waals surface area contributed by atoms with Gasteiger partial charge < -0.3 is 10.2 Å². The van der Waals surface area contributed by atoms with E-state index in [0.29, 0.717) is 6.04 Å². The van der Waals surface area contributed by atoms with Crippen LogP contribution in [0.1, 0.15) is 25.7 Å². The SMILES string of the molecule is c1nc(NC2CCN3CCCC3C2)c2ccsc2n1. The van der Waals surface area contributed by atoms with Crippen LogP contribution >= 0.6 is 11.3 Å². The van der Waals surface area contributed by atoms with Crippen molar-refractivity contribution in [1.82, 2.24) is 14.9 Å². The summed E-state index contributed by atoms with van der Waals surface area (Å²) >= 11 is 1.68. The highest BCUT2D eigenvalue weighted by molar-refractivity contribution is 7.16. The van der Waals surface area contributed by atoms with Crippen molar-refractivity contribution in [2.75, 3.05) is 18.4 Å². The number of piperidine rings is 1. The summed E-state index contributed by atoms with van der Waals surface area (Å²) in [4.78, 5) is 12.5. The van der Waals surface area contributed by atoms with Crippen molar-refractivity contribution < 1.29 is 0 Å². The van der Waals surface area contributed by atoms with E-state index >= 15 is 0 Å². The number of aromatic nitrogens is 2. The summed E-state index contributed by atoms with van der Waals surface area (Å²) in [6.07, 6.45) is 6.91. The van der Waals surface area contributed by atoms with Gasteiger partial charge >= 0.3 is 0 Å². The van der Waals surface area contributed by atoms with Crippen LogP contribution in [0.2, 0.25) is 0 Å². The molecule has 1 N–H and O–H groups in total. The molecule has 100 valence electrons. The lowest BCUT2D eigenvalue weighted by Gasteiger charge is -2.35. The average molecular weight is 274 g/mol. The van der Waals surface area contributed by atoms with Crippen LogP contribution in [0.25, 0.3) is 10.2 Å². The zero-order valence-corrected chi connectivity index (χ0v) is 11.7. The van der Waals surface area contributed by atoms with Crippen LogP contribution in [-0.4, -0.2) is 40.0 Å². The quantitative estimate of drug-likeness (QED) is 0.914. The lowest BCUT2D eigenvalue weighted by atomic mass is 9.97. The molecule has 2 aliphatic rings. The van der Waals surface area contributed by atoms with Gasteiger partial charge in [0.15, 0.2) is 0 Å². The first-order valence-electron chi connectivity index (χ1n) is 7.09. The minimum atomic E-state index is 0.567. The summed E-state index contributed by atoms with van der Waals surface area (Å²) in [5.41, 5.74) is 0. The van der Waals surface area contributed by atoms with Crippen molar-refractivity contribution in [2.24, 2.45) is 0 Å². The first-order chi connectivity index (χ1) is 9.40. The molecule has 2 aliphatic heterocycles. The molecule has 4 heterocycles. The predicted octanol–water partition coefficient (Wildman–Crippen LogP) is 2.73. The fraction of sp³-hybridized carbons (Fsp3) is 0.571. The Labute approximate surface area is 116 Å². The van der Waals surface area contributed by atoms with Gasteiger partial charge in [-0.3, -0.25) is 0 Å². The van der Waals surface area contributed by atoms with Gasteiger partial charge in [-0.25, -0.2) is 9.97 Å². The molecule has 0 amide bonds. The van der Waals surface area contributed by atoms with E-state index in [0.717, 1.165) is 16.7 Å². The molecule has 2 unspecified atom stereocenters. The Morgan fingerprint density at radius 2 is 2.26 bits per heavy atom. The predicted molar refractivity (Wildman–Crippen MR) is 78.7 cm³/mol. The molecule has 0 radical (unpaired) electrons. The molecule has 4 nitrogen and oxygen atoms in total. The van der Waals surface area contributed by atoms with Crippen LogP contribution in [0.4, 0.5) is 5.82 Å². The van der Waals surface area contributed by atoms with Gasteiger partial charge in [0, 0.05) is 18.6 Å². The van der Waals surface area contributed by atoms with E-state index in [1.807, 2.05) is 0 Å². The van der Waals surface area contributed by atoms with Crippen molar-refractivity contribution in [2.45, 2.75) is 37.8 Å². The molecule has 0 spiro atoms. The van der Waals surface area contributed by atoms with E-state index in [1.54, 1.807) is 17.7 Å². The largest absolute Gasteiger partial charge is 0.367 e. The Balaban J connectivity index is 1.53. The lowest BCUT2D eigenvalue weighted by molar-refractivity contribution is 0.188. The summed E-state index contributed by atoms with van der Waals surface area (Å²) in [5.74, 6) is 1.02. The number of hydrogen-bond donors (Lipinski definition) is 1. The zero-order valence-electron chi connectivity index (χ0n) is 10.9. The molecule has 0 saturated carbocycles. The second-order valence-electron chi connectivity index (χ2n) is 5.56. The first kappa shape index (κ1) is 11.6. The second-order valence-corrected chi connectivity index (χ2v) is 6.45. The lowest BCUT2D eigenvalue weighted by Crippen LogP contribution is -2.42. The molecule has 2 aromatic heterocycles. The monoisotopic (exact) mass is 274 g/mol. The van der Waals surface area contributed by atoms with Crippen LogP contribution in [0.5, 0.6) is 0 Å². The fourth-order valence-electron chi connectivity index (χ4n) is 3.45. The van der Waals surface area contributed by atoms with Crippen LogP contribution in [0.15, 0.2) is 17.8 Å². The third kappa shape index (κ3) is 2.11. The summed E-state index contributed by atoms with van der Waals surface area (Å²) in [5, 5.41) is 6.91. The van der Waals surface area contributed by atoms with Crippen molar-refractivity contribution in [3.8, 4) is 0 Å². The number of anilines is 1. The van der Waals surface area contributed by atoms with Crippen molar-refractivity contribution in [3.05, 3.63) is 17.8 Å². The standard InChI is InChI=1S/C14H18N4S/c1-2-11-8-10(3-6-18(11)5-1)17-13-12-4-7-19-14(12)16-9-15-13/h4,7,9-11H,1-3,5-6,8H2,(H,15,16,17). The molecule has 5 heteroatoms. The summed E-state index contributed by atoms with van der Waals surface area (Å²) in [6.45, 7) is 2.54. The normalized spacial score (nSPS) is 27.6. The Morgan fingerprint density at radius 1 is 1.26 bits per heavy atom. The van der Waals surface area contributed by atoms with Crippen molar-refractivity contribution >= 4 is 27.4 Å². The van der Waals surface area contributed by atoms with Crippen LogP contribution in [0.3, 0.4) is 0 Å². The number of nitrogens with zero attached hydrogens (tertiary/aromatic N) is 3. The zero-order chi connectivity index (χ0) is 12.7. The van der Waals surface area contributed by atoms with Crippen LogP contribution in [0, 0.1) is 0 Å². The van der Waals surface area contributed by atoms with E-state index < -0.39 is 0 Å². The fourth-order valence-corrected chi connectivity index (χ4v) is 4.19. The van der Waals surface area contributed by atoms with E-state index in [1.165, 1.54) is 44.2 Å². The maximum Gasteiger partial charge on any atom is 0.138 e. The smallest absolute Gasteiger partial charge is 0.138 e. The van der Waals surface area contributed by atoms with E-state index in [9.17, 15) is 0 Å². The number of fused-ring (bicyclic) bond motifs is 2. The molecular formula is C14H18N4S. The molecule has 2 saturated heterocycles. The molecule has 2 fully saturated rings. The average Bonchev–Trinajstić information content (AvgIpc) is 3.06. The highest BCUT2D eigenvalue weighted by atomic mass is 32.1. The molecular weight excluding hydrogens is 256 g/mol. The van der Waals surface area contributed by atoms with Crippen molar-refractivity contribution in [3.63, 3.8) is 0 Å². The number of hydrogen-bond acceptors (Lipinski definition) is 5. The van der Waals surface area contributed by atoms with Gasteiger partial charge in [0.2, 0.25) is 0 Å². The molecule has 0 aromatic carbocycles. The van der Waals surface area contributed by atoms with Gasteiger partial charge in [-0.15, -0.1) is 11.3 Å². The van der Waals surface area contributed by atoms with Crippen LogP contribution < -0.4 is 5.32 Å². The summed E-state index contributed by atoms with van der Waals surface area (Å²) < 4.78 is 0. The molecule has 19 heavy (non-hydrogen) atoms. The van der Waals surface area contributed by atoms with Gasteiger partial charge in [0.1, 0.15) is 17.0 Å². The third-order valence-electron chi connectivity index (χ3n) is 4.42. The molecule has 4 rings (SSSR count). The van der Waals surface area contributed by atoms with Gasteiger partial charge in [0.25, 0.3) is 0 Å². The van der Waals surface area contributed by atoms with Crippen molar-refractivity contribution in [1.29, 1.82) is 0 Å².